The average Bonchev–Trinajstić information content (AvgIpc) is 3.06. The highest BCUT2D eigenvalue weighted by Crippen LogP contribution is 2.30. The SMILES string of the molecule is Cc1cc(OCC(=O)Nc2nc3c(s2)CCC3)ccc1C(C)C. The van der Waals surface area contributed by atoms with Gasteiger partial charge in [-0.2, -0.15) is 0 Å². The molecule has 1 amide bonds. The number of benzene rings is 1. The third-order valence-electron chi connectivity index (χ3n) is 4.08. The summed E-state index contributed by atoms with van der Waals surface area (Å²) >= 11 is 1.58. The van der Waals surface area contributed by atoms with Gasteiger partial charge in [-0.15, -0.1) is 11.3 Å². The zero-order chi connectivity index (χ0) is 16.4. The van der Waals surface area contributed by atoms with E-state index in [1.807, 2.05) is 12.1 Å². The van der Waals surface area contributed by atoms with E-state index in [-0.39, 0.29) is 12.5 Å². The smallest absolute Gasteiger partial charge is 0.264 e. The second-order valence-electron chi connectivity index (χ2n) is 6.25. The summed E-state index contributed by atoms with van der Waals surface area (Å²) in [4.78, 5) is 17.8. The Hall–Kier alpha value is -1.88. The maximum atomic E-state index is 12.0. The number of hydrogen-bond donors (Lipinski definition) is 1. The largest absolute Gasteiger partial charge is 0.484 e. The third-order valence-corrected chi connectivity index (χ3v) is 5.15. The molecule has 1 N–H and O–H groups in total. The van der Waals surface area contributed by atoms with Gasteiger partial charge in [-0.3, -0.25) is 10.1 Å². The van der Waals surface area contributed by atoms with E-state index in [2.05, 4.69) is 37.1 Å². The number of hydrogen-bond acceptors (Lipinski definition) is 4. The average molecular weight is 330 g/mol. The van der Waals surface area contributed by atoms with Crippen LogP contribution in [0.4, 0.5) is 5.13 Å². The zero-order valence-electron chi connectivity index (χ0n) is 13.8. The fourth-order valence-corrected chi connectivity index (χ4v) is 4.00. The second kappa shape index (κ2) is 6.71. The van der Waals surface area contributed by atoms with Gasteiger partial charge in [0.15, 0.2) is 11.7 Å². The van der Waals surface area contributed by atoms with Crippen molar-refractivity contribution in [2.75, 3.05) is 11.9 Å². The fourth-order valence-electron chi connectivity index (χ4n) is 2.93. The summed E-state index contributed by atoms with van der Waals surface area (Å²) in [6.07, 6.45) is 3.29. The fraction of sp³-hybridized carbons (Fsp3) is 0.444. The van der Waals surface area contributed by atoms with Crippen molar-refractivity contribution in [3.63, 3.8) is 0 Å². The Bertz CT molecular complexity index is 700. The van der Waals surface area contributed by atoms with E-state index in [0.717, 1.165) is 24.3 Å². The second-order valence-corrected chi connectivity index (χ2v) is 7.34. The normalized spacial score (nSPS) is 13.2. The summed E-state index contributed by atoms with van der Waals surface area (Å²) < 4.78 is 5.60. The molecule has 0 spiro atoms. The van der Waals surface area contributed by atoms with Crippen molar-refractivity contribution in [3.8, 4) is 5.75 Å². The number of thiazole rings is 1. The molecular weight excluding hydrogens is 308 g/mol. The molecule has 4 nitrogen and oxygen atoms in total. The summed E-state index contributed by atoms with van der Waals surface area (Å²) in [6, 6.07) is 5.98. The predicted molar refractivity (Wildman–Crippen MR) is 93.5 cm³/mol. The number of carbonyl (C=O) groups excluding carboxylic acids is 1. The molecule has 0 fully saturated rings. The van der Waals surface area contributed by atoms with Gasteiger partial charge in [-0.25, -0.2) is 4.98 Å². The molecule has 1 aliphatic rings. The number of anilines is 1. The lowest BCUT2D eigenvalue weighted by Gasteiger charge is -2.12. The van der Waals surface area contributed by atoms with Gasteiger partial charge >= 0.3 is 0 Å². The Balaban J connectivity index is 1.55. The Kier molecular flexibility index (Phi) is 4.66. The third kappa shape index (κ3) is 3.72. The minimum absolute atomic E-state index is 0.00467. The molecule has 0 saturated carbocycles. The molecule has 1 aromatic carbocycles. The maximum absolute atomic E-state index is 12.0. The molecule has 0 atom stereocenters. The highest BCUT2D eigenvalue weighted by atomic mass is 32.1. The summed E-state index contributed by atoms with van der Waals surface area (Å²) in [5.41, 5.74) is 3.64. The van der Waals surface area contributed by atoms with Gasteiger partial charge in [0.05, 0.1) is 5.69 Å². The molecular formula is C18H22N2O2S. The number of amides is 1. The molecule has 1 aromatic heterocycles. The monoisotopic (exact) mass is 330 g/mol. The molecule has 0 saturated heterocycles. The van der Waals surface area contributed by atoms with Crippen LogP contribution in [0, 0.1) is 6.92 Å². The van der Waals surface area contributed by atoms with Gasteiger partial charge in [-0.05, 0) is 55.4 Å². The number of aromatic nitrogens is 1. The van der Waals surface area contributed by atoms with Gasteiger partial charge in [0.25, 0.3) is 5.91 Å². The Morgan fingerprint density at radius 3 is 2.91 bits per heavy atom. The number of nitrogens with zero attached hydrogens (tertiary/aromatic N) is 1. The first-order chi connectivity index (χ1) is 11.0. The molecule has 5 heteroatoms. The van der Waals surface area contributed by atoms with Crippen molar-refractivity contribution < 1.29 is 9.53 Å². The number of carbonyl (C=O) groups is 1. The molecule has 2 aromatic rings. The van der Waals surface area contributed by atoms with Crippen molar-refractivity contribution in [2.45, 2.75) is 46.0 Å². The van der Waals surface area contributed by atoms with Crippen LogP contribution in [0.25, 0.3) is 0 Å². The van der Waals surface area contributed by atoms with Gasteiger partial charge < -0.3 is 4.74 Å². The van der Waals surface area contributed by atoms with Crippen molar-refractivity contribution in [1.82, 2.24) is 4.98 Å². The molecule has 0 aliphatic heterocycles. The Labute approximate surface area is 140 Å². The van der Waals surface area contributed by atoms with Gasteiger partial charge in [0, 0.05) is 4.88 Å². The van der Waals surface area contributed by atoms with Crippen molar-refractivity contribution >= 4 is 22.4 Å². The molecule has 23 heavy (non-hydrogen) atoms. The lowest BCUT2D eigenvalue weighted by atomic mass is 9.98. The van der Waals surface area contributed by atoms with Crippen LogP contribution in [-0.4, -0.2) is 17.5 Å². The first-order valence-corrected chi connectivity index (χ1v) is 8.86. The van der Waals surface area contributed by atoms with E-state index in [9.17, 15) is 4.79 Å². The molecule has 0 bridgehead atoms. The Morgan fingerprint density at radius 2 is 2.22 bits per heavy atom. The molecule has 1 heterocycles. The quantitative estimate of drug-likeness (QED) is 0.898. The van der Waals surface area contributed by atoms with E-state index in [1.165, 1.54) is 22.4 Å². The van der Waals surface area contributed by atoms with E-state index in [0.29, 0.717) is 11.0 Å². The van der Waals surface area contributed by atoms with Crippen LogP contribution in [0.1, 0.15) is 47.9 Å². The van der Waals surface area contributed by atoms with E-state index >= 15 is 0 Å². The lowest BCUT2D eigenvalue weighted by Crippen LogP contribution is -2.20. The lowest BCUT2D eigenvalue weighted by molar-refractivity contribution is -0.118. The van der Waals surface area contributed by atoms with E-state index in [4.69, 9.17) is 4.74 Å². The topological polar surface area (TPSA) is 51.2 Å². The van der Waals surface area contributed by atoms with Gasteiger partial charge in [0.2, 0.25) is 0 Å². The van der Waals surface area contributed by atoms with E-state index < -0.39 is 0 Å². The maximum Gasteiger partial charge on any atom is 0.264 e. The molecule has 3 rings (SSSR count). The number of fused-ring (bicyclic) bond motifs is 1. The van der Waals surface area contributed by atoms with Gasteiger partial charge in [0.1, 0.15) is 5.75 Å². The number of aryl methyl sites for hydroxylation is 3. The zero-order valence-corrected chi connectivity index (χ0v) is 14.6. The number of nitrogens with one attached hydrogen (secondary N) is 1. The standard InChI is InChI=1S/C18H22N2O2S/c1-11(2)14-8-7-13(9-12(14)3)22-10-17(21)20-18-19-15-5-4-6-16(15)23-18/h7-9,11H,4-6,10H2,1-3H3,(H,19,20,21). The minimum Gasteiger partial charge on any atom is -0.484 e. The first-order valence-electron chi connectivity index (χ1n) is 8.04. The summed E-state index contributed by atoms with van der Waals surface area (Å²) in [6.45, 7) is 6.41. The molecule has 122 valence electrons. The Morgan fingerprint density at radius 1 is 1.39 bits per heavy atom. The van der Waals surface area contributed by atoms with Crippen LogP contribution in [0.5, 0.6) is 5.75 Å². The molecule has 1 aliphatic carbocycles. The van der Waals surface area contributed by atoms with Crippen LogP contribution in [0.2, 0.25) is 0 Å². The first kappa shape index (κ1) is 16.0. The van der Waals surface area contributed by atoms with Crippen molar-refractivity contribution in [2.24, 2.45) is 0 Å². The van der Waals surface area contributed by atoms with Crippen molar-refractivity contribution in [1.29, 1.82) is 0 Å². The summed E-state index contributed by atoms with van der Waals surface area (Å²) in [7, 11) is 0. The van der Waals surface area contributed by atoms with E-state index in [1.54, 1.807) is 11.3 Å². The predicted octanol–water partition coefficient (Wildman–Crippen LogP) is 4.08. The highest BCUT2D eigenvalue weighted by molar-refractivity contribution is 7.15. The minimum atomic E-state index is -0.164. The molecule has 0 radical (unpaired) electrons. The van der Waals surface area contributed by atoms with Crippen LogP contribution in [-0.2, 0) is 17.6 Å². The van der Waals surface area contributed by atoms with Crippen LogP contribution in [0.15, 0.2) is 18.2 Å². The van der Waals surface area contributed by atoms with Gasteiger partial charge in [-0.1, -0.05) is 19.9 Å². The molecule has 0 unspecified atom stereocenters. The highest BCUT2D eigenvalue weighted by Gasteiger charge is 2.17. The number of ether oxygens (including phenoxy) is 1. The van der Waals surface area contributed by atoms with Crippen LogP contribution >= 0.6 is 11.3 Å². The van der Waals surface area contributed by atoms with Crippen molar-refractivity contribution in [3.05, 3.63) is 39.9 Å². The summed E-state index contributed by atoms with van der Waals surface area (Å²) in [5.74, 6) is 1.05. The van der Waals surface area contributed by atoms with Crippen LogP contribution < -0.4 is 10.1 Å². The summed E-state index contributed by atoms with van der Waals surface area (Å²) in [5, 5.41) is 3.52. The van der Waals surface area contributed by atoms with Crippen LogP contribution in [0.3, 0.4) is 0 Å². The number of rotatable bonds is 5.